The molecule has 1 fully saturated rings. The van der Waals surface area contributed by atoms with Crippen molar-refractivity contribution in [3.63, 3.8) is 0 Å². The Morgan fingerprint density at radius 2 is 1.38 bits per heavy atom. The van der Waals surface area contributed by atoms with Crippen LogP contribution >= 0.6 is 0 Å². The van der Waals surface area contributed by atoms with Gasteiger partial charge in [0.2, 0.25) is 0 Å². The number of ether oxygens (including phenoxy) is 3. The molecule has 29 heavy (non-hydrogen) atoms. The van der Waals surface area contributed by atoms with Gasteiger partial charge in [-0.25, -0.2) is 0 Å². The Balaban J connectivity index is 1.35. The van der Waals surface area contributed by atoms with Crippen LogP contribution < -0.4 is 14.4 Å². The van der Waals surface area contributed by atoms with E-state index in [4.69, 9.17) is 14.2 Å². The summed E-state index contributed by atoms with van der Waals surface area (Å²) in [6.45, 7) is 3.47. The van der Waals surface area contributed by atoms with Crippen molar-refractivity contribution in [1.29, 1.82) is 0 Å². The molecule has 0 radical (unpaired) electrons. The zero-order chi connectivity index (χ0) is 19.9. The van der Waals surface area contributed by atoms with Crippen LogP contribution in [0.2, 0.25) is 0 Å². The molecule has 0 spiro atoms. The van der Waals surface area contributed by atoms with Crippen LogP contribution in [-0.4, -0.2) is 39.6 Å². The van der Waals surface area contributed by atoms with Crippen LogP contribution in [0.25, 0.3) is 0 Å². The van der Waals surface area contributed by atoms with Crippen molar-refractivity contribution in [2.24, 2.45) is 4.99 Å². The summed E-state index contributed by atoms with van der Waals surface area (Å²) in [7, 11) is 1.65. The van der Waals surface area contributed by atoms with Crippen molar-refractivity contribution in [3.8, 4) is 17.2 Å². The Morgan fingerprint density at radius 3 is 2.00 bits per heavy atom. The van der Waals surface area contributed by atoms with Crippen LogP contribution in [0.15, 0.2) is 77.8 Å². The van der Waals surface area contributed by atoms with E-state index in [1.54, 1.807) is 7.11 Å². The molecule has 5 nitrogen and oxygen atoms in total. The molecule has 1 saturated heterocycles. The smallest absolute Gasteiger partial charge is 0.127 e. The number of anilines is 1. The lowest BCUT2D eigenvalue weighted by Gasteiger charge is -2.28. The molecule has 0 aliphatic carbocycles. The van der Waals surface area contributed by atoms with Crippen molar-refractivity contribution in [1.82, 2.24) is 0 Å². The third-order valence-corrected chi connectivity index (χ3v) is 4.76. The van der Waals surface area contributed by atoms with Gasteiger partial charge in [0.25, 0.3) is 0 Å². The molecule has 0 aromatic heterocycles. The standard InChI is InChI=1S/C24H24N2O3/c1-27-22-10-12-24(13-11-22)29-23-8-4-20(5-9-23)25-18-19-2-6-21(7-3-19)26-14-16-28-17-15-26/h2-13,18H,14-17H2,1H3. The van der Waals surface area contributed by atoms with Gasteiger partial charge in [-0.05, 0) is 66.2 Å². The molecule has 3 aromatic carbocycles. The van der Waals surface area contributed by atoms with Gasteiger partial charge in [0.15, 0.2) is 0 Å². The summed E-state index contributed by atoms with van der Waals surface area (Å²) in [6.07, 6.45) is 1.88. The van der Waals surface area contributed by atoms with Crippen molar-refractivity contribution in [2.75, 3.05) is 38.3 Å². The second-order valence-electron chi connectivity index (χ2n) is 6.72. The average Bonchev–Trinajstić information content (AvgIpc) is 2.80. The number of hydrogen-bond acceptors (Lipinski definition) is 5. The van der Waals surface area contributed by atoms with E-state index in [1.807, 2.05) is 54.7 Å². The molecule has 0 bridgehead atoms. The van der Waals surface area contributed by atoms with Crippen molar-refractivity contribution >= 4 is 17.6 Å². The maximum Gasteiger partial charge on any atom is 0.127 e. The predicted molar refractivity (Wildman–Crippen MR) is 116 cm³/mol. The number of nitrogens with zero attached hydrogens (tertiary/aromatic N) is 2. The Morgan fingerprint density at radius 1 is 0.793 bits per heavy atom. The number of aliphatic imine (C=N–C) groups is 1. The van der Waals surface area contributed by atoms with Crippen molar-refractivity contribution in [2.45, 2.75) is 0 Å². The van der Waals surface area contributed by atoms with Gasteiger partial charge in [-0.3, -0.25) is 4.99 Å². The molecule has 1 aliphatic heterocycles. The second kappa shape index (κ2) is 9.26. The van der Waals surface area contributed by atoms with Gasteiger partial charge < -0.3 is 19.1 Å². The minimum atomic E-state index is 0.766. The maximum absolute atomic E-state index is 5.85. The van der Waals surface area contributed by atoms with E-state index in [9.17, 15) is 0 Å². The fourth-order valence-corrected chi connectivity index (χ4v) is 3.12. The van der Waals surface area contributed by atoms with Gasteiger partial charge in [-0.1, -0.05) is 12.1 Å². The van der Waals surface area contributed by atoms with Crippen molar-refractivity contribution in [3.05, 3.63) is 78.4 Å². The van der Waals surface area contributed by atoms with E-state index >= 15 is 0 Å². The van der Waals surface area contributed by atoms with Gasteiger partial charge in [-0.15, -0.1) is 0 Å². The molecule has 3 aromatic rings. The summed E-state index contributed by atoms with van der Waals surface area (Å²) in [5.41, 5.74) is 3.18. The highest BCUT2D eigenvalue weighted by Crippen LogP contribution is 2.25. The Bertz CT molecular complexity index is 929. The number of rotatable bonds is 6. The van der Waals surface area contributed by atoms with E-state index in [0.717, 1.165) is 54.8 Å². The summed E-state index contributed by atoms with van der Waals surface area (Å²) >= 11 is 0. The SMILES string of the molecule is COc1ccc(Oc2ccc(N=Cc3ccc(N4CCOCC4)cc3)cc2)cc1. The van der Waals surface area contributed by atoms with E-state index in [0.29, 0.717) is 0 Å². The lowest BCUT2D eigenvalue weighted by Crippen LogP contribution is -2.36. The minimum Gasteiger partial charge on any atom is -0.497 e. The largest absolute Gasteiger partial charge is 0.497 e. The number of methoxy groups -OCH3 is 1. The highest BCUT2D eigenvalue weighted by molar-refractivity contribution is 5.82. The van der Waals surface area contributed by atoms with Crippen LogP contribution in [0.3, 0.4) is 0 Å². The van der Waals surface area contributed by atoms with Gasteiger partial charge in [0, 0.05) is 25.0 Å². The minimum absolute atomic E-state index is 0.766. The fourth-order valence-electron chi connectivity index (χ4n) is 3.12. The van der Waals surface area contributed by atoms with Gasteiger partial charge in [0.05, 0.1) is 26.0 Å². The molecule has 0 saturated carbocycles. The lowest BCUT2D eigenvalue weighted by atomic mass is 10.2. The lowest BCUT2D eigenvalue weighted by molar-refractivity contribution is 0.122. The molecular weight excluding hydrogens is 364 g/mol. The molecule has 0 N–H and O–H groups in total. The first-order valence-electron chi connectivity index (χ1n) is 9.69. The second-order valence-corrected chi connectivity index (χ2v) is 6.72. The molecule has 0 unspecified atom stereocenters. The molecule has 4 rings (SSSR count). The van der Waals surface area contributed by atoms with Crippen LogP contribution in [-0.2, 0) is 4.74 Å². The molecular formula is C24H24N2O3. The molecule has 1 aliphatic rings. The zero-order valence-corrected chi connectivity index (χ0v) is 16.5. The Labute approximate surface area is 171 Å². The van der Waals surface area contributed by atoms with E-state index < -0.39 is 0 Å². The highest BCUT2D eigenvalue weighted by atomic mass is 16.5. The third kappa shape index (κ3) is 5.15. The van der Waals surface area contributed by atoms with Crippen molar-refractivity contribution < 1.29 is 14.2 Å². The molecule has 1 heterocycles. The number of hydrogen-bond donors (Lipinski definition) is 0. The van der Waals surface area contributed by atoms with Crippen LogP contribution in [0, 0.1) is 0 Å². The molecule has 5 heteroatoms. The zero-order valence-electron chi connectivity index (χ0n) is 16.5. The predicted octanol–water partition coefficient (Wildman–Crippen LogP) is 5.07. The quantitative estimate of drug-likeness (QED) is 0.553. The third-order valence-electron chi connectivity index (χ3n) is 4.76. The van der Waals surface area contributed by atoms with Crippen LogP contribution in [0.4, 0.5) is 11.4 Å². The topological polar surface area (TPSA) is 43.3 Å². The fraction of sp³-hybridized carbons (Fsp3) is 0.208. The first-order valence-corrected chi connectivity index (χ1v) is 9.69. The maximum atomic E-state index is 5.85. The van der Waals surface area contributed by atoms with E-state index in [2.05, 4.69) is 34.2 Å². The molecule has 0 amide bonds. The summed E-state index contributed by atoms with van der Waals surface area (Å²) in [6, 6.07) is 23.7. The first kappa shape index (κ1) is 19.0. The molecule has 148 valence electrons. The Hall–Kier alpha value is -3.31. The van der Waals surface area contributed by atoms with E-state index in [-0.39, 0.29) is 0 Å². The number of benzene rings is 3. The van der Waals surface area contributed by atoms with Crippen LogP contribution in [0.5, 0.6) is 17.2 Å². The van der Waals surface area contributed by atoms with E-state index in [1.165, 1.54) is 5.69 Å². The Kier molecular flexibility index (Phi) is 6.07. The normalized spacial score (nSPS) is 14.2. The highest BCUT2D eigenvalue weighted by Gasteiger charge is 2.10. The first-order chi connectivity index (χ1) is 14.3. The van der Waals surface area contributed by atoms with Gasteiger partial charge >= 0.3 is 0 Å². The summed E-state index contributed by atoms with van der Waals surface area (Å²) in [5, 5.41) is 0. The average molecular weight is 388 g/mol. The molecule has 0 atom stereocenters. The van der Waals surface area contributed by atoms with Gasteiger partial charge in [0.1, 0.15) is 17.2 Å². The summed E-state index contributed by atoms with van der Waals surface area (Å²) in [4.78, 5) is 6.90. The summed E-state index contributed by atoms with van der Waals surface area (Å²) in [5.74, 6) is 2.34. The summed E-state index contributed by atoms with van der Waals surface area (Å²) < 4.78 is 16.4. The van der Waals surface area contributed by atoms with Gasteiger partial charge in [-0.2, -0.15) is 0 Å². The number of morpholine rings is 1. The van der Waals surface area contributed by atoms with Crippen LogP contribution in [0.1, 0.15) is 5.56 Å². The monoisotopic (exact) mass is 388 g/mol.